The number of hydrogen-bond donors (Lipinski definition) is 2. The van der Waals surface area contributed by atoms with Gasteiger partial charge in [0.1, 0.15) is 0 Å². The normalized spacial score (nSPS) is 20.8. The Morgan fingerprint density at radius 2 is 2.19 bits per heavy atom. The standard InChI is InChI=1S/C17H28F3N5S/c1-12-6-4-5-9-25(12)13(2)10-23-16(21-3)22-8-7-15-24-14(11-26-15)17(18,19)20/h11-13H,4-10H2,1-3H3,(H2,21,22,23). The predicted octanol–water partition coefficient (Wildman–Crippen LogP) is 3.13. The van der Waals surface area contributed by atoms with Crippen LogP contribution in [0.2, 0.25) is 0 Å². The minimum Gasteiger partial charge on any atom is -0.356 e. The van der Waals surface area contributed by atoms with E-state index in [1.807, 2.05) is 0 Å². The molecule has 2 heterocycles. The molecule has 1 aromatic heterocycles. The molecule has 26 heavy (non-hydrogen) atoms. The minimum absolute atomic E-state index is 0.400. The van der Waals surface area contributed by atoms with Gasteiger partial charge in [0.25, 0.3) is 0 Å². The number of aromatic nitrogens is 1. The summed E-state index contributed by atoms with van der Waals surface area (Å²) in [5, 5.41) is 7.97. The first-order valence-electron chi connectivity index (χ1n) is 9.03. The number of alkyl halides is 3. The van der Waals surface area contributed by atoms with E-state index in [0.717, 1.165) is 29.8 Å². The maximum absolute atomic E-state index is 12.6. The number of guanidine groups is 1. The summed E-state index contributed by atoms with van der Waals surface area (Å²) in [4.78, 5) is 10.3. The number of hydrogen-bond acceptors (Lipinski definition) is 4. The average molecular weight is 392 g/mol. The monoisotopic (exact) mass is 391 g/mol. The number of thiazole rings is 1. The fourth-order valence-electron chi connectivity index (χ4n) is 3.20. The molecule has 1 saturated heterocycles. The van der Waals surface area contributed by atoms with Crippen LogP contribution in [0.25, 0.3) is 0 Å². The second-order valence-corrected chi connectivity index (χ2v) is 7.63. The average Bonchev–Trinajstić information content (AvgIpc) is 3.07. The molecular formula is C17H28F3N5S. The fourth-order valence-corrected chi connectivity index (χ4v) is 4.01. The summed E-state index contributed by atoms with van der Waals surface area (Å²) in [6.07, 6.45) is -0.157. The Kier molecular flexibility index (Phi) is 7.69. The summed E-state index contributed by atoms with van der Waals surface area (Å²) in [5.74, 6) is 0.661. The van der Waals surface area contributed by atoms with Gasteiger partial charge in [-0.05, 0) is 33.2 Å². The van der Waals surface area contributed by atoms with Gasteiger partial charge in [0, 0.05) is 44.0 Å². The van der Waals surface area contributed by atoms with Gasteiger partial charge in [-0.2, -0.15) is 13.2 Å². The van der Waals surface area contributed by atoms with Crippen molar-refractivity contribution in [2.24, 2.45) is 4.99 Å². The smallest absolute Gasteiger partial charge is 0.356 e. The molecule has 2 N–H and O–H groups in total. The summed E-state index contributed by atoms with van der Waals surface area (Å²) in [5.41, 5.74) is -0.815. The number of likely N-dealkylation sites (tertiary alicyclic amines) is 1. The molecule has 1 aliphatic heterocycles. The Hall–Kier alpha value is -1.35. The van der Waals surface area contributed by atoms with Crippen molar-refractivity contribution in [1.82, 2.24) is 20.5 Å². The lowest BCUT2D eigenvalue weighted by Gasteiger charge is -2.38. The first kappa shape index (κ1) is 21.0. The molecule has 0 amide bonds. The van der Waals surface area contributed by atoms with Crippen molar-refractivity contribution >= 4 is 17.3 Å². The molecule has 0 spiro atoms. The highest BCUT2D eigenvalue weighted by Crippen LogP contribution is 2.30. The van der Waals surface area contributed by atoms with E-state index in [2.05, 4.69) is 39.4 Å². The van der Waals surface area contributed by atoms with Gasteiger partial charge < -0.3 is 10.6 Å². The van der Waals surface area contributed by atoms with E-state index in [1.54, 1.807) is 7.05 Å². The van der Waals surface area contributed by atoms with E-state index in [1.165, 1.54) is 19.3 Å². The highest BCUT2D eigenvalue weighted by atomic mass is 32.1. The third-order valence-corrected chi connectivity index (χ3v) is 5.59. The molecule has 9 heteroatoms. The second-order valence-electron chi connectivity index (χ2n) is 6.69. The third kappa shape index (κ3) is 6.12. The molecular weight excluding hydrogens is 363 g/mol. The number of halogens is 3. The molecule has 5 nitrogen and oxygen atoms in total. The first-order valence-corrected chi connectivity index (χ1v) is 9.91. The first-order chi connectivity index (χ1) is 12.3. The van der Waals surface area contributed by atoms with Crippen LogP contribution in [0.1, 0.15) is 43.8 Å². The molecule has 0 saturated carbocycles. The fraction of sp³-hybridized carbons (Fsp3) is 0.765. The lowest BCUT2D eigenvalue weighted by atomic mass is 10.0. The van der Waals surface area contributed by atoms with Crippen LogP contribution in [0.4, 0.5) is 13.2 Å². The van der Waals surface area contributed by atoms with Crippen molar-refractivity contribution in [2.75, 3.05) is 26.7 Å². The SMILES string of the molecule is CN=C(NCCc1nc(C(F)(F)F)cs1)NCC(C)N1CCCCC1C. The Balaban J connectivity index is 1.73. The van der Waals surface area contributed by atoms with Crippen LogP contribution in [-0.4, -0.2) is 54.6 Å². The molecule has 0 aliphatic carbocycles. The van der Waals surface area contributed by atoms with Crippen LogP contribution in [-0.2, 0) is 12.6 Å². The van der Waals surface area contributed by atoms with Crippen molar-refractivity contribution in [3.63, 3.8) is 0 Å². The van der Waals surface area contributed by atoms with Crippen LogP contribution in [0.3, 0.4) is 0 Å². The Morgan fingerprint density at radius 1 is 1.42 bits per heavy atom. The maximum Gasteiger partial charge on any atom is 0.434 e. The number of nitrogens with zero attached hydrogens (tertiary/aromatic N) is 3. The highest BCUT2D eigenvalue weighted by molar-refractivity contribution is 7.09. The molecule has 0 bridgehead atoms. The quantitative estimate of drug-likeness (QED) is 0.578. The molecule has 1 aliphatic rings. The van der Waals surface area contributed by atoms with Gasteiger partial charge in [0.2, 0.25) is 0 Å². The van der Waals surface area contributed by atoms with Gasteiger partial charge in [-0.1, -0.05) is 6.42 Å². The van der Waals surface area contributed by atoms with Gasteiger partial charge in [0.15, 0.2) is 11.7 Å². The molecule has 2 rings (SSSR count). The van der Waals surface area contributed by atoms with Crippen LogP contribution in [0.15, 0.2) is 10.4 Å². The van der Waals surface area contributed by atoms with Gasteiger partial charge in [0.05, 0.1) is 5.01 Å². The van der Waals surface area contributed by atoms with Crippen molar-refractivity contribution in [1.29, 1.82) is 0 Å². The van der Waals surface area contributed by atoms with E-state index in [9.17, 15) is 13.2 Å². The van der Waals surface area contributed by atoms with Crippen molar-refractivity contribution in [3.8, 4) is 0 Å². The van der Waals surface area contributed by atoms with Gasteiger partial charge in [-0.25, -0.2) is 4.98 Å². The molecule has 1 fully saturated rings. The van der Waals surface area contributed by atoms with E-state index >= 15 is 0 Å². The van der Waals surface area contributed by atoms with Crippen LogP contribution in [0.5, 0.6) is 0 Å². The van der Waals surface area contributed by atoms with E-state index in [-0.39, 0.29) is 0 Å². The van der Waals surface area contributed by atoms with E-state index in [0.29, 0.717) is 36.0 Å². The number of piperidine rings is 1. The minimum atomic E-state index is -4.37. The summed E-state index contributed by atoms with van der Waals surface area (Å²) >= 11 is 1.03. The lowest BCUT2D eigenvalue weighted by molar-refractivity contribution is -0.140. The van der Waals surface area contributed by atoms with E-state index < -0.39 is 11.9 Å². The summed E-state index contributed by atoms with van der Waals surface area (Å²) in [6, 6.07) is 1.00. The number of rotatable bonds is 6. The number of nitrogens with one attached hydrogen (secondary N) is 2. The Labute approximate surface area is 157 Å². The highest BCUT2D eigenvalue weighted by Gasteiger charge is 2.33. The zero-order chi connectivity index (χ0) is 19.2. The topological polar surface area (TPSA) is 52.6 Å². The zero-order valence-corrected chi connectivity index (χ0v) is 16.4. The molecule has 2 atom stereocenters. The zero-order valence-electron chi connectivity index (χ0n) is 15.6. The van der Waals surface area contributed by atoms with Crippen molar-refractivity contribution < 1.29 is 13.2 Å². The summed E-state index contributed by atoms with van der Waals surface area (Å²) < 4.78 is 37.7. The second kappa shape index (κ2) is 9.55. The third-order valence-electron chi connectivity index (χ3n) is 4.68. The Morgan fingerprint density at radius 3 is 2.81 bits per heavy atom. The summed E-state index contributed by atoms with van der Waals surface area (Å²) in [6.45, 7) is 6.86. The summed E-state index contributed by atoms with van der Waals surface area (Å²) in [7, 11) is 1.69. The lowest BCUT2D eigenvalue weighted by Crippen LogP contribution is -2.50. The molecule has 0 radical (unpaired) electrons. The number of aliphatic imine (C=N–C) groups is 1. The largest absolute Gasteiger partial charge is 0.434 e. The maximum atomic E-state index is 12.6. The van der Waals surface area contributed by atoms with E-state index in [4.69, 9.17) is 0 Å². The van der Waals surface area contributed by atoms with Gasteiger partial charge in [-0.15, -0.1) is 11.3 Å². The van der Waals surface area contributed by atoms with Crippen LogP contribution < -0.4 is 10.6 Å². The Bertz CT molecular complexity index is 587. The molecule has 2 unspecified atom stereocenters. The van der Waals surface area contributed by atoms with Crippen LogP contribution >= 0.6 is 11.3 Å². The molecule has 0 aromatic carbocycles. The molecule has 1 aromatic rings. The van der Waals surface area contributed by atoms with Crippen molar-refractivity contribution in [3.05, 3.63) is 16.1 Å². The van der Waals surface area contributed by atoms with Crippen LogP contribution in [0, 0.1) is 0 Å². The van der Waals surface area contributed by atoms with Crippen molar-refractivity contribution in [2.45, 2.75) is 57.8 Å². The predicted molar refractivity (Wildman–Crippen MR) is 99.7 cm³/mol. The van der Waals surface area contributed by atoms with Gasteiger partial charge >= 0.3 is 6.18 Å². The van der Waals surface area contributed by atoms with Gasteiger partial charge in [-0.3, -0.25) is 9.89 Å². The molecule has 148 valence electrons.